The summed E-state index contributed by atoms with van der Waals surface area (Å²) in [6.07, 6.45) is 0. The van der Waals surface area contributed by atoms with Gasteiger partial charge in [-0.15, -0.1) is 0 Å². The fourth-order valence-corrected chi connectivity index (χ4v) is 2.96. The lowest BCUT2D eigenvalue weighted by Crippen LogP contribution is -2.31. The van der Waals surface area contributed by atoms with Gasteiger partial charge in [0.1, 0.15) is 0 Å². The van der Waals surface area contributed by atoms with Crippen LogP contribution in [-0.2, 0) is 10.0 Å². The largest absolute Gasteiger partial charge is 0.331 e. The summed E-state index contributed by atoms with van der Waals surface area (Å²) in [6, 6.07) is 10.9. The van der Waals surface area contributed by atoms with Crippen LogP contribution in [0.3, 0.4) is 0 Å². The van der Waals surface area contributed by atoms with Gasteiger partial charge in [0.15, 0.2) is 0 Å². The summed E-state index contributed by atoms with van der Waals surface area (Å²) in [5.41, 5.74) is 2.51. The predicted molar refractivity (Wildman–Crippen MR) is 97.3 cm³/mol. The number of hydrogen-bond donors (Lipinski definition) is 3. The zero-order valence-corrected chi connectivity index (χ0v) is 15.6. The molecule has 1 atom stereocenters. The number of rotatable bonds is 4. The summed E-state index contributed by atoms with van der Waals surface area (Å²) in [5, 5.41) is 10.6. The molecule has 0 aliphatic heterocycles. The molecule has 0 radical (unpaired) electrons. The molecule has 0 aliphatic rings. The standard InChI is InChI=1S/C16H18BrN3O3S/c1-10-3-6-13(9-15(10)17)20-16(21)19-11(2)12-4-7-14(8-5-12)24(18,22)23/h3-9,11H,1-2H3,(H2,18,22,23)(H2,19,20,21). The number of benzene rings is 2. The van der Waals surface area contributed by atoms with Crippen LogP contribution in [0.4, 0.5) is 10.5 Å². The van der Waals surface area contributed by atoms with Gasteiger partial charge in [0.05, 0.1) is 10.9 Å². The van der Waals surface area contributed by atoms with E-state index in [9.17, 15) is 13.2 Å². The number of primary sulfonamides is 1. The molecule has 0 heterocycles. The fraction of sp³-hybridized carbons (Fsp3) is 0.188. The van der Waals surface area contributed by atoms with Crippen molar-refractivity contribution in [2.75, 3.05) is 5.32 Å². The first kappa shape index (κ1) is 18.4. The van der Waals surface area contributed by atoms with Crippen LogP contribution in [0.2, 0.25) is 0 Å². The van der Waals surface area contributed by atoms with Crippen molar-refractivity contribution in [3.63, 3.8) is 0 Å². The second kappa shape index (κ2) is 7.33. The van der Waals surface area contributed by atoms with E-state index in [2.05, 4.69) is 26.6 Å². The Kier molecular flexibility index (Phi) is 5.63. The van der Waals surface area contributed by atoms with E-state index in [1.807, 2.05) is 25.1 Å². The first-order valence-corrected chi connectivity index (χ1v) is 9.47. The molecule has 8 heteroatoms. The van der Waals surface area contributed by atoms with E-state index in [-0.39, 0.29) is 17.0 Å². The molecule has 2 rings (SSSR count). The summed E-state index contributed by atoms with van der Waals surface area (Å²) in [4.78, 5) is 12.1. The van der Waals surface area contributed by atoms with Gasteiger partial charge in [0, 0.05) is 10.2 Å². The zero-order chi connectivity index (χ0) is 17.9. The van der Waals surface area contributed by atoms with Gasteiger partial charge < -0.3 is 10.6 Å². The molecule has 4 N–H and O–H groups in total. The van der Waals surface area contributed by atoms with Gasteiger partial charge in [-0.25, -0.2) is 18.4 Å². The number of carbonyl (C=O) groups is 1. The number of nitrogens with one attached hydrogen (secondary N) is 2. The molecule has 0 aliphatic carbocycles. The Bertz CT molecular complexity index is 851. The van der Waals surface area contributed by atoms with Crippen LogP contribution in [0.15, 0.2) is 51.8 Å². The Morgan fingerprint density at radius 2 is 1.79 bits per heavy atom. The molecule has 2 amide bonds. The van der Waals surface area contributed by atoms with Gasteiger partial charge in [-0.3, -0.25) is 0 Å². The van der Waals surface area contributed by atoms with E-state index in [1.165, 1.54) is 12.1 Å². The second-order valence-corrected chi connectivity index (χ2v) is 7.81. The van der Waals surface area contributed by atoms with Gasteiger partial charge in [0.25, 0.3) is 0 Å². The molecule has 0 fully saturated rings. The van der Waals surface area contributed by atoms with Crippen LogP contribution >= 0.6 is 15.9 Å². The molecular formula is C16H18BrN3O3S. The SMILES string of the molecule is Cc1ccc(NC(=O)NC(C)c2ccc(S(N)(=O)=O)cc2)cc1Br. The summed E-state index contributed by atoms with van der Waals surface area (Å²) in [7, 11) is -3.72. The van der Waals surface area contributed by atoms with Crippen molar-refractivity contribution in [3.05, 3.63) is 58.1 Å². The highest BCUT2D eigenvalue weighted by Gasteiger charge is 2.12. The summed E-state index contributed by atoms with van der Waals surface area (Å²) < 4.78 is 23.4. The van der Waals surface area contributed by atoms with Gasteiger partial charge in [-0.05, 0) is 49.2 Å². The molecule has 2 aromatic rings. The van der Waals surface area contributed by atoms with Gasteiger partial charge in [-0.2, -0.15) is 0 Å². The number of hydrogen-bond acceptors (Lipinski definition) is 3. The number of sulfonamides is 1. The topological polar surface area (TPSA) is 101 Å². The van der Waals surface area contributed by atoms with Gasteiger partial charge in [-0.1, -0.05) is 34.1 Å². The van der Waals surface area contributed by atoms with Crippen molar-refractivity contribution in [1.82, 2.24) is 5.32 Å². The average molecular weight is 412 g/mol. The molecule has 2 aromatic carbocycles. The van der Waals surface area contributed by atoms with Crippen LogP contribution in [0, 0.1) is 6.92 Å². The number of aryl methyl sites for hydroxylation is 1. The third kappa shape index (κ3) is 4.80. The quantitative estimate of drug-likeness (QED) is 0.718. The lowest BCUT2D eigenvalue weighted by molar-refractivity contribution is 0.249. The molecule has 0 saturated heterocycles. The molecule has 0 saturated carbocycles. The Morgan fingerprint density at radius 3 is 2.33 bits per heavy atom. The predicted octanol–water partition coefficient (Wildman–Crippen LogP) is 3.29. The highest BCUT2D eigenvalue weighted by molar-refractivity contribution is 9.10. The highest BCUT2D eigenvalue weighted by atomic mass is 79.9. The maximum atomic E-state index is 12.1. The third-order valence-electron chi connectivity index (χ3n) is 3.49. The second-order valence-electron chi connectivity index (χ2n) is 5.40. The lowest BCUT2D eigenvalue weighted by atomic mass is 10.1. The van der Waals surface area contributed by atoms with Crippen molar-refractivity contribution in [1.29, 1.82) is 0 Å². The fourth-order valence-electron chi connectivity index (χ4n) is 2.06. The van der Waals surface area contributed by atoms with E-state index < -0.39 is 10.0 Å². The maximum absolute atomic E-state index is 12.1. The van der Waals surface area contributed by atoms with E-state index in [0.717, 1.165) is 15.6 Å². The molecule has 0 spiro atoms. The van der Waals surface area contributed by atoms with E-state index in [0.29, 0.717) is 5.69 Å². The van der Waals surface area contributed by atoms with Crippen molar-refractivity contribution in [2.45, 2.75) is 24.8 Å². The normalized spacial score (nSPS) is 12.5. The van der Waals surface area contributed by atoms with Crippen molar-refractivity contribution >= 4 is 37.7 Å². The van der Waals surface area contributed by atoms with Crippen molar-refractivity contribution in [3.8, 4) is 0 Å². The number of amides is 2. The van der Waals surface area contributed by atoms with E-state index in [4.69, 9.17) is 5.14 Å². The third-order valence-corrected chi connectivity index (χ3v) is 5.27. The van der Waals surface area contributed by atoms with Crippen LogP contribution in [0.5, 0.6) is 0 Å². The number of halogens is 1. The highest BCUT2D eigenvalue weighted by Crippen LogP contribution is 2.21. The number of anilines is 1. The first-order valence-electron chi connectivity index (χ1n) is 7.13. The smallest absolute Gasteiger partial charge is 0.319 e. The maximum Gasteiger partial charge on any atom is 0.319 e. The molecule has 128 valence electrons. The lowest BCUT2D eigenvalue weighted by Gasteiger charge is -2.15. The average Bonchev–Trinajstić information content (AvgIpc) is 2.50. The Balaban J connectivity index is 2.01. The summed E-state index contributed by atoms with van der Waals surface area (Å²) >= 11 is 3.42. The Morgan fingerprint density at radius 1 is 1.17 bits per heavy atom. The van der Waals surface area contributed by atoms with Crippen LogP contribution in [-0.4, -0.2) is 14.4 Å². The van der Waals surface area contributed by atoms with Crippen LogP contribution < -0.4 is 15.8 Å². The van der Waals surface area contributed by atoms with Crippen molar-refractivity contribution < 1.29 is 13.2 Å². The summed E-state index contributed by atoms with van der Waals surface area (Å²) in [6.45, 7) is 3.76. The monoisotopic (exact) mass is 411 g/mol. The van der Waals surface area contributed by atoms with Crippen molar-refractivity contribution in [2.24, 2.45) is 5.14 Å². The first-order chi connectivity index (χ1) is 11.2. The van der Waals surface area contributed by atoms with E-state index >= 15 is 0 Å². The molecule has 0 aromatic heterocycles. The zero-order valence-electron chi connectivity index (χ0n) is 13.2. The van der Waals surface area contributed by atoms with Crippen LogP contribution in [0.25, 0.3) is 0 Å². The molecular weight excluding hydrogens is 394 g/mol. The minimum Gasteiger partial charge on any atom is -0.331 e. The number of urea groups is 1. The van der Waals surface area contributed by atoms with Gasteiger partial charge in [0.2, 0.25) is 10.0 Å². The number of carbonyl (C=O) groups excluding carboxylic acids is 1. The minimum atomic E-state index is -3.72. The van der Waals surface area contributed by atoms with E-state index in [1.54, 1.807) is 19.1 Å². The molecule has 24 heavy (non-hydrogen) atoms. The van der Waals surface area contributed by atoms with Gasteiger partial charge >= 0.3 is 6.03 Å². The van der Waals surface area contributed by atoms with Crippen LogP contribution in [0.1, 0.15) is 24.1 Å². The Labute approximate surface area is 149 Å². The number of nitrogens with two attached hydrogens (primary N) is 1. The summed E-state index contributed by atoms with van der Waals surface area (Å²) in [5.74, 6) is 0. The molecule has 6 nitrogen and oxygen atoms in total. The Hall–Kier alpha value is -1.90. The minimum absolute atomic E-state index is 0.0346. The molecule has 1 unspecified atom stereocenters. The molecule has 0 bridgehead atoms.